The zero-order valence-electron chi connectivity index (χ0n) is 17.2. The summed E-state index contributed by atoms with van der Waals surface area (Å²) in [4.78, 5) is 5.02. The molecule has 0 saturated heterocycles. The maximum Gasteiger partial charge on any atom is 0.149 e. The molecule has 5 aromatic rings. The van der Waals surface area contributed by atoms with E-state index >= 15 is 0 Å². The number of imidazole rings is 1. The summed E-state index contributed by atoms with van der Waals surface area (Å²) >= 11 is 0. The number of hydrogen-bond acceptors (Lipinski definition) is 2. The van der Waals surface area contributed by atoms with E-state index in [4.69, 9.17) is 9.40 Å². The molecule has 0 bridgehead atoms. The van der Waals surface area contributed by atoms with Gasteiger partial charge < -0.3 is 4.42 Å². The molecule has 0 saturated carbocycles. The first kappa shape index (κ1) is 17.7. The zero-order valence-corrected chi connectivity index (χ0v) is 17.2. The predicted octanol–water partition coefficient (Wildman–Crippen LogP) is 7.18. The van der Waals surface area contributed by atoms with Crippen molar-refractivity contribution in [3.05, 3.63) is 83.6 Å². The maximum absolute atomic E-state index is 5.99. The van der Waals surface area contributed by atoms with Gasteiger partial charge in [0.2, 0.25) is 0 Å². The normalized spacial score (nSPS) is 11.8. The summed E-state index contributed by atoms with van der Waals surface area (Å²) in [6.45, 7) is 8.71. The van der Waals surface area contributed by atoms with Crippen molar-refractivity contribution < 1.29 is 4.42 Å². The number of aryl methyl sites for hydroxylation is 2. The highest BCUT2D eigenvalue weighted by Gasteiger charge is 2.20. The first-order valence-electron chi connectivity index (χ1n) is 10.1. The van der Waals surface area contributed by atoms with Gasteiger partial charge in [-0.2, -0.15) is 0 Å². The van der Waals surface area contributed by atoms with Crippen molar-refractivity contribution in [2.75, 3.05) is 0 Å². The molecule has 0 unspecified atom stereocenters. The maximum atomic E-state index is 5.99. The van der Waals surface area contributed by atoms with Crippen molar-refractivity contribution in [1.82, 2.24) is 9.55 Å². The lowest BCUT2D eigenvalue weighted by atomic mass is 10.0. The van der Waals surface area contributed by atoms with Crippen LogP contribution in [0, 0.1) is 13.8 Å². The summed E-state index contributed by atoms with van der Waals surface area (Å²) in [5, 5.41) is 1.09. The standard InChI is InChI=1S/C26H24N2O/c1-16(2)19-12-13-20-21(15-29-24(20)14-19)26-27-22-10-5-6-11-23(22)28(26)25-17(3)8-7-9-18(25)4/h5-16H,1-4H3. The topological polar surface area (TPSA) is 31.0 Å². The van der Waals surface area contributed by atoms with Gasteiger partial charge in [-0.25, -0.2) is 4.98 Å². The van der Waals surface area contributed by atoms with Crippen molar-refractivity contribution in [2.24, 2.45) is 0 Å². The second-order valence-corrected chi connectivity index (χ2v) is 8.06. The van der Waals surface area contributed by atoms with E-state index < -0.39 is 0 Å². The van der Waals surface area contributed by atoms with Gasteiger partial charge in [-0.15, -0.1) is 0 Å². The Morgan fingerprint density at radius 2 is 1.66 bits per heavy atom. The van der Waals surface area contributed by atoms with Crippen LogP contribution in [0.1, 0.15) is 36.5 Å². The number of rotatable bonds is 3. The minimum Gasteiger partial charge on any atom is -0.464 e. The van der Waals surface area contributed by atoms with Crippen molar-refractivity contribution in [3.8, 4) is 17.1 Å². The van der Waals surface area contributed by atoms with E-state index in [-0.39, 0.29) is 0 Å². The second kappa shape index (κ2) is 6.63. The number of benzene rings is 3. The van der Waals surface area contributed by atoms with E-state index in [0.29, 0.717) is 5.92 Å². The number of aromatic nitrogens is 2. The monoisotopic (exact) mass is 380 g/mol. The molecule has 3 heteroatoms. The van der Waals surface area contributed by atoms with Crippen LogP contribution in [0.2, 0.25) is 0 Å². The Kier molecular flexibility index (Phi) is 4.06. The Bertz CT molecular complexity index is 1330. The Morgan fingerprint density at radius 1 is 0.897 bits per heavy atom. The van der Waals surface area contributed by atoms with Gasteiger partial charge >= 0.3 is 0 Å². The van der Waals surface area contributed by atoms with Gasteiger partial charge in [0.1, 0.15) is 17.7 Å². The fourth-order valence-corrected chi connectivity index (χ4v) is 4.17. The van der Waals surface area contributed by atoms with Crippen molar-refractivity contribution >= 4 is 22.0 Å². The molecule has 2 aromatic heterocycles. The van der Waals surface area contributed by atoms with Crippen LogP contribution >= 0.6 is 0 Å². The van der Waals surface area contributed by atoms with E-state index in [0.717, 1.165) is 33.4 Å². The number of hydrogen-bond donors (Lipinski definition) is 0. The molecule has 29 heavy (non-hydrogen) atoms. The number of para-hydroxylation sites is 3. The molecule has 0 N–H and O–H groups in total. The largest absolute Gasteiger partial charge is 0.464 e. The smallest absolute Gasteiger partial charge is 0.149 e. The van der Waals surface area contributed by atoms with Gasteiger partial charge in [0.15, 0.2) is 0 Å². The highest BCUT2D eigenvalue weighted by Crippen LogP contribution is 2.36. The van der Waals surface area contributed by atoms with Gasteiger partial charge in [0.25, 0.3) is 0 Å². The van der Waals surface area contributed by atoms with Gasteiger partial charge in [0, 0.05) is 5.39 Å². The van der Waals surface area contributed by atoms with E-state index in [2.05, 4.69) is 86.9 Å². The predicted molar refractivity (Wildman–Crippen MR) is 120 cm³/mol. The molecule has 0 aliphatic heterocycles. The van der Waals surface area contributed by atoms with Crippen LogP contribution in [0.3, 0.4) is 0 Å². The third-order valence-corrected chi connectivity index (χ3v) is 5.73. The summed E-state index contributed by atoms with van der Waals surface area (Å²) < 4.78 is 8.27. The van der Waals surface area contributed by atoms with Crippen LogP contribution in [-0.4, -0.2) is 9.55 Å². The van der Waals surface area contributed by atoms with Gasteiger partial charge in [0.05, 0.1) is 22.3 Å². The van der Waals surface area contributed by atoms with Crippen molar-refractivity contribution in [1.29, 1.82) is 0 Å². The minimum atomic E-state index is 0.465. The minimum absolute atomic E-state index is 0.465. The third kappa shape index (κ3) is 2.77. The van der Waals surface area contributed by atoms with Gasteiger partial charge in [-0.3, -0.25) is 4.57 Å². The van der Waals surface area contributed by atoms with Crippen molar-refractivity contribution in [3.63, 3.8) is 0 Å². The lowest BCUT2D eigenvalue weighted by Gasteiger charge is -2.15. The summed E-state index contributed by atoms with van der Waals surface area (Å²) in [5.41, 5.74) is 8.94. The molecule has 0 radical (unpaired) electrons. The first-order valence-corrected chi connectivity index (χ1v) is 10.1. The molecule has 5 rings (SSSR count). The van der Waals surface area contributed by atoms with Crippen LogP contribution in [-0.2, 0) is 0 Å². The number of furan rings is 1. The quantitative estimate of drug-likeness (QED) is 0.332. The SMILES string of the molecule is Cc1cccc(C)c1-n1c(-c2coc3cc(C(C)C)ccc23)nc2ccccc21. The fourth-order valence-electron chi connectivity index (χ4n) is 4.17. The molecule has 0 fully saturated rings. The van der Waals surface area contributed by atoms with Crippen LogP contribution < -0.4 is 0 Å². The van der Waals surface area contributed by atoms with Crippen LogP contribution in [0.15, 0.2) is 71.3 Å². The van der Waals surface area contributed by atoms with Crippen molar-refractivity contribution in [2.45, 2.75) is 33.6 Å². The average molecular weight is 380 g/mol. The molecule has 0 aliphatic rings. The highest BCUT2D eigenvalue weighted by atomic mass is 16.3. The van der Waals surface area contributed by atoms with E-state index in [9.17, 15) is 0 Å². The molecule has 144 valence electrons. The Morgan fingerprint density at radius 3 is 2.41 bits per heavy atom. The lowest BCUT2D eigenvalue weighted by Crippen LogP contribution is -2.02. The zero-order chi connectivity index (χ0) is 20.1. The molecule has 0 aliphatic carbocycles. The summed E-state index contributed by atoms with van der Waals surface area (Å²) in [5.74, 6) is 1.38. The van der Waals surface area contributed by atoms with Crippen LogP contribution in [0.5, 0.6) is 0 Å². The Hall–Kier alpha value is -3.33. The van der Waals surface area contributed by atoms with E-state index in [1.54, 1.807) is 0 Å². The van der Waals surface area contributed by atoms with E-state index in [1.165, 1.54) is 22.4 Å². The molecular weight excluding hydrogens is 356 g/mol. The molecule has 0 spiro atoms. The highest BCUT2D eigenvalue weighted by molar-refractivity contribution is 5.95. The average Bonchev–Trinajstić information content (AvgIpc) is 3.29. The number of fused-ring (bicyclic) bond motifs is 2. The molecule has 0 atom stereocenters. The van der Waals surface area contributed by atoms with Gasteiger partial charge in [-0.1, -0.05) is 56.3 Å². The van der Waals surface area contributed by atoms with Gasteiger partial charge in [-0.05, 0) is 54.7 Å². The molecule has 2 heterocycles. The molecule has 3 aromatic carbocycles. The Labute approximate surface area is 170 Å². The van der Waals surface area contributed by atoms with Crippen LogP contribution in [0.4, 0.5) is 0 Å². The Balaban J connectivity index is 1.84. The van der Waals surface area contributed by atoms with Crippen LogP contribution in [0.25, 0.3) is 39.1 Å². The fraction of sp³-hybridized carbons (Fsp3) is 0.192. The lowest BCUT2D eigenvalue weighted by molar-refractivity contribution is 0.615. The molecule has 0 amide bonds. The summed E-state index contributed by atoms with van der Waals surface area (Å²) in [7, 11) is 0. The second-order valence-electron chi connectivity index (χ2n) is 8.06. The summed E-state index contributed by atoms with van der Waals surface area (Å²) in [6.07, 6.45) is 1.85. The first-order chi connectivity index (χ1) is 14.0. The number of nitrogens with zero attached hydrogens (tertiary/aromatic N) is 2. The summed E-state index contributed by atoms with van der Waals surface area (Å²) in [6, 6.07) is 21.2. The molecular formula is C26H24N2O. The third-order valence-electron chi connectivity index (χ3n) is 5.73. The van der Waals surface area contributed by atoms with E-state index in [1.807, 2.05) is 12.3 Å². The molecule has 3 nitrogen and oxygen atoms in total.